The standard InChI is InChI=1S/C22H21F3N4O3/c1-29-18-5-3-14(8-15(18)4-6-19(29)31-2)16-7-13(9-26-11-16)10-27-21(30)17-12-28-32-20(17)22(23,24)25/h3,5,7-9,11-12,19H,4,6,10H2,1-2H3,(H,27,30). The molecule has 0 radical (unpaired) electrons. The van der Waals surface area contributed by atoms with Gasteiger partial charge in [-0.25, -0.2) is 0 Å². The molecule has 0 aliphatic carbocycles. The van der Waals surface area contributed by atoms with Crippen LogP contribution in [0.5, 0.6) is 0 Å². The summed E-state index contributed by atoms with van der Waals surface area (Å²) in [6, 6.07) is 7.97. The average molecular weight is 446 g/mol. The zero-order valence-corrected chi connectivity index (χ0v) is 17.4. The zero-order chi connectivity index (χ0) is 22.9. The Hall–Kier alpha value is -3.40. The molecule has 1 aliphatic rings. The number of methoxy groups -OCH3 is 1. The normalized spacial score (nSPS) is 16.0. The molecule has 7 nitrogen and oxygen atoms in total. The minimum Gasteiger partial charge on any atom is -0.362 e. The van der Waals surface area contributed by atoms with Crippen molar-refractivity contribution in [2.45, 2.75) is 31.8 Å². The maximum Gasteiger partial charge on any atom is 0.453 e. The smallest absolute Gasteiger partial charge is 0.362 e. The number of carbonyl (C=O) groups is 1. The Labute approximate surface area is 182 Å². The van der Waals surface area contributed by atoms with Crippen molar-refractivity contribution < 1.29 is 27.2 Å². The minimum atomic E-state index is -4.80. The Morgan fingerprint density at radius 2 is 2.06 bits per heavy atom. The van der Waals surface area contributed by atoms with E-state index in [-0.39, 0.29) is 12.8 Å². The number of benzene rings is 1. The molecule has 0 bridgehead atoms. The van der Waals surface area contributed by atoms with Gasteiger partial charge in [0.15, 0.2) is 0 Å². The molecule has 1 atom stereocenters. The van der Waals surface area contributed by atoms with Crippen molar-refractivity contribution >= 4 is 11.6 Å². The summed E-state index contributed by atoms with van der Waals surface area (Å²) in [6.07, 6.45) is 1.03. The highest BCUT2D eigenvalue weighted by Crippen LogP contribution is 2.34. The fourth-order valence-electron chi connectivity index (χ4n) is 3.84. The first-order valence-corrected chi connectivity index (χ1v) is 9.91. The molecule has 1 aromatic carbocycles. The molecule has 32 heavy (non-hydrogen) atoms. The lowest BCUT2D eigenvalue weighted by Crippen LogP contribution is -2.37. The number of pyridine rings is 1. The van der Waals surface area contributed by atoms with Crippen LogP contribution in [0.2, 0.25) is 0 Å². The molecule has 1 amide bonds. The summed E-state index contributed by atoms with van der Waals surface area (Å²) in [7, 11) is 3.69. The highest BCUT2D eigenvalue weighted by atomic mass is 19.4. The van der Waals surface area contributed by atoms with E-state index < -0.39 is 23.4 Å². The fraction of sp³-hybridized carbons (Fsp3) is 0.318. The Morgan fingerprint density at radius 1 is 1.25 bits per heavy atom. The molecule has 1 aliphatic heterocycles. The predicted octanol–water partition coefficient (Wildman–Crippen LogP) is 4.04. The number of carbonyl (C=O) groups excluding carboxylic acids is 1. The highest BCUT2D eigenvalue weighted by molar-refractivity contribution is 5.94. The van der Waals surface area contributed by atoms with Crippen molar-refractivity contribution in [3.63, 3.8) is 0 Å². The second-order valence-electron chi connectivity index (χ2n) is 7.51. The van der Waals surface area contributed by atoms with Crippen LogP contribution in [0.1, 0.15) is 33.7 Å². The van der Waals surface area contributed by atoms with E-state index in [9.17, 15) is 18.0 Å². The number of halogens is 3. The van der Waals surface area contributed by atoms with Crippen LogP contribution in [0.3, 0.4) is 0 Å². The lowest BCUT2D eigenvalue weighted by atomic mass is 9.96. The lowest BCUT2D eigenvalue weighted by molar-refractivity contribution is -0.155. The molecule has 10 heteroatoms. The molecule has 1 unspecified atom stereocenters. The van der Waals surface area contributed by atoms with E-state index in [1.807, 2.05) is 25.2 Å². The molecule has 0 saturated carbocycles. The van der Waals surface area contributed by atoms with E-state index >= 15 is 0 Å². The second kappa shape index (κ2) is 8.62. The number of fused-ring (bicyclic) bond motifs is 1. The van der Waals surface area contributed by atoms with Gasteiger partial charge in [0.1, 0.15) is 11.8 Å². The van der Waals surface area contributed by atoms with E-state index in [0.717, 1.165) is 35.9 Å². The summed E-state index contributed by atoms with van der Waals surface area (Å²) in [4.78, 5) is 18.5. The number of aryl methyl sites for hydroxylation is 1. The minimum absolute atomic E-state index is 0.00531. The number of alkyl halides is 3. The first kappa shape index (κ1) is 21.8. The van der Waals surface area contributed by atoms with E-state index in [1.54, 1.807) is 19.5 Å². The molecule has 1 N–H and O–H groups in total. The fourth-order valence-corrected chi connectivity index (χ4v) is 3.84. The summed E-state index contributed by atoms with van der Waals surface area (Å²) < 4.78 is 48.4. The van der Waals surface area contributed by atoms with Gasteiger partial charge >= 0.3 is 6.18 Å². The number of rotatable bonds is 5. The predicted molar refractivity (Wildman–Crippen MR) is 110 cm³/mol. The van der Waals surface area contributed by atoms with Crippen molar-refractivity contribution in [1.82, 2.24) is 15.5 Å². The van der Waals surface area contributed by atoms with Crippen LogP contribution in [0.15, 0.2) is 47.4 Å². The highest BCUT2D eigenvalue weighted by Gasteiger charge is 2.40. The molecular formula is C22H21F3N4O3. The topological polar surface area (TPSA) is 80.5 Å². The Morgan fingerprint density at radius 3 is 2.81 bits per heavy atom. The van der Waals surface area contributed by atoms with Crippen LogP contribution in [-0.4, -0.2) is 36.4 Å². The number of nitrogens with one attached hydrogen (secondary N) is 1. The van der Waals surface area contributed by atoms with Gasteiger partial charge in [0, 0.05) is 44.3 Å². The van der Waals surface area contributed by atoms with Gasteiger partial charge in [-0.1, -0.05) is 11.2 Å². The molecule has 4 rings (SSSR count). The van der Waals surface area contributed by atoms with Crippen molar-refractivity contribution in [2.24, 2.45) is 0 Å². The van der Waals surface area contributed by atoms with Crippen LogP contribution >= 0.6 is 0 Å². The van der Waals surface area contributed by atoms with Gasteiger partial charge < -0.3 is 19.5 Å². The van der Waals surface area contributed by atoms with Crippen LogP contribution in [0.4, 0.5) is 18.9 Å². The largest absolute Gasteiger partial charge is 0.453 e. The molecular weight excluding hydrogens is 425 g/mol. The van der Waals surface area contributed by atoms with E-state index in [4.69, 9.17) is 4.74 Å². The van der Waals surface area contributed by atoms with Gasteiger partial charge in [-0.2, -0.15) is 13.2 Å². The van der Waals surface area contributed by atoms with Crippen LogP contribution < -0.4 is 10.2 Å². The third kappa shape index (κ3) is 4.31. The van der Waals surface area contributed by atoms with Gasteiger partial charge in [-0.15, -0.1) is 0 Å². The van der Waals surface area contributed by atoms with Gasteiger partial charge in [-0.05, 0) is 47.7 Å². The molecule has 0 saturated heterocycles. The molecule has 168 valence electrons. The molecule has 0 fully saturated rings. The summed E-state index contributed by atoms with van der Waals surface area (Å²) in [5, 5.41) is 5.55. The summed E-state index contributed by atoms with van der Waals surface area (Å²) >= 11 is 0. The number of amides is 1. The van der Waals surface area contributed by atoms with E-state index in [1.165, 1.54) is 5.56 Å². The molecule has 3 aromatic rings. The first-order valence-electron chi connectivity index (χ1n) is 9.91. The quantitative estimate of drug-likeness (QED) is 0.637. The van der Waals surface area contributed by atoms with Gasteiger partial charge in [0.05, 0.1) is 6.20 Å². The number of anilines is 1. The molecule has 3 heterocycles. The third-order valence-corrected chi connectivity index (χ3v) is 5.48. The van der Waals surface area contributed by atoms with Gasteiger partial charge in [0.2, 0.25) is 0 Å². The Balaban J connectivity index is 1.49. The summed E-state index contributed by atoms with van der Waals surface area (Å²) in [5.41, 5.74) is 4.11. The number of aromatic nitrogens is 2. The van der Waals surface area contributed by atoms with Crippen molar-refractivity contribution in [3.8, 4) is 11.1 Å². The maximum absolute atomic E-state index is 12.9. The second-order valence-corrected chi connectivity index (χ2v) is 7.51. The molecule has 2 aromatic heterocycles. The van der Waals surface area contributed by atoms with Crippen molar-refractivity contribution in [3.05, 3.63) is 65.3 Å². The number of nitrogens with zero attached hydrogens (tertiary/aromatic N) is 3. The monoisotopic (exact) mass is 446 g/mol. The lowest BCUT2D eigenvalue weighted by Gasteiger charge is -2.35. The maximum atomic E-state index is 12.9. The number of hydrogen-bond donors (Lipinski definition) is 1. The van der Waals surface area contributed by atoms with E-state index in [2.05, 4.69) is 30.9 Å². The van der Waals surface area contributed by atoms with Gasteiger partial charge in [-0.3, -0.25) is 9.78 Å². The Bertz CT molecular complexity index is 1130. The van der Waals surface area contributed by atoms with Crippen molar-refractivity contribution in [1.29, 1.82) is 0 Å². The van der Waals surface area contributed by atoms with Crippen molar-refractivity contribution in [2.75, 3.05) is 19.1 Å². The van der Waals surface area contributed by atoms with Gasteiger partial charge in [0.25, 0.3) is 11.7 Å². The zero-order valence-electron chi connectivity index (χ0n) is 17.4. The summed E-state index contributed by atoms with van der Waals surface area (Å²) in [5.74, 6) is -2.34. The Kier molecular flexibility index (Phi) is 5.88. The average Bonchev–Trinajstić information content (AvgIpc) is 3.29. The number of hydrogen-bond acceptors (Lipinski definition) is 6. The van der Waals surface area contributed by atoms with Crippen LogP contribution in [0.25, 0.3) is 11.1 Å². The molecule has 0 spiro atoms. The first-order chi connectivity index (χ1) is 15.3. The number of ether oxygens (including phenoxy) is 1. The van der Waals surface area contributed by atoms with Crippen LogP contribution in [-0.2, 0) is 23.9 Å². The summed E-state index contributed by atoms with van der Waals surface area (Å²) in [6.45, 7) is 0.00531. The SMILES string of the molecule is COC1CCc2cc(-c3cncc(CNC(=O)c4cnoc4C(F)(F)F)c3)ccc2N1C. The van der Waals surface area contributed by atoms with E-state index in [0.29, 0.717) is 5.56 Å². The third-order valence-electron chi connectivity index (χ3n) is 5.48. The van der Waals surface area contributed by atoms with Crippen LogP contribution in [0, 0.1) is 0 Å².